The van der Waals surface area contributed by atoms with Gasteiger partial charge in [0.25, 0.3) is 6.43 Å². The molecule has 6 rings (SSSR count). The number of rotatable bonds is 8. The molecule has 0 unspecified atom stereocenters. The molecule has 3 fully saturated rings. The SMILES string of the molecule is O=C(CN1CCS(=O)(=O)CC1)NC1CCC(Nc2cc(-n3c(C(F)F)nc4ccccc43)nc(N3CCOCC3)n2)CC1. The Morgan fingerprint density at radius 1 is 0.977 bits per heavy atom. The number of imidazole rings is 1. The molecule has 1 saturated carbocycles. The highest BCUT2D eigenvalue weighted by atomic mass is 32.2. The highest BCUT2D eigenvalue weighted by Crippen LogP contribution is 2.30. The minimum absolute atomic E-state index is 0.0369. The first kappa shape index (κ1) is 29.6. The van der Waals surface area contributed by atoms with Crippen molar-refractivity contribution >= 4 is 38.5 Å². The highest BCUT2D eigenvalue weighted by Gasteiger charge is 2.27. The summed E-state index contributed by atoms with van der Waals surface area (Å²) in [5, 5.41) is 6.60. The Kier molecular flexibility index (Phi) is 8.73. The van der Waals surface area contributed by atoms with Crippen molar-refractivity contribution in [2.24, 2.45) is 0 Å². The average Bonchev–Trinajstić information content (AvgIpc) is 3.40. The van der Waals surface area contributed by atoms with Crippen LogP contribution in [0.15, 0.2) is 30.3 Å². The number of amides is 1. The van der Waals surface area contributed by atoms with Crippen LogP contribution in [-0.2, 0) is 19.4 Å². The van der Waals surface area contributed by atoms with Gasteiger partial charge in [0.05, 0.1) is 42.3 Å². The van der Waals surface area contributed by atoms with Crippen LogP contribution in [0.2, 0.25) is 0 Å². The van der Waals surface area contributed by atoms with Gasteiger partial charge >= 0.3 is 0 Å². The zero-order valence-electron chi connectivity index (χ0n) is 23.8. The topological polar surface area (TPSA) is 135 Å². The lowest BCUT2D eigenvalue weighted by atomic mass is 9.91. The summed E-state index contributed by atoms with van der Waals surface area (Å²) in [5.74, 6) is 1.01. The fraction of sp³-hybridized carbons (Fsp3) is 0.571. The van der Waals surface area contributed by atoms with Gasteiger partial charge in [-0.1, -0.05) is 12.1 Å². The van der Waals surface area contributed by atoms with Gasteiger partial charge in [0.1, 0.15) is 11.6 Å². The minimum Gasteiger partial charge on any atom is -0.378 e. The van der Waals surface area contributed by atoms with Crippen LogP contribution in [0.3, 0.4) is 0 Å². The number of nitrogens with zero attached hydrogens (tertiary/aromatic N) is 6. The number of para-hydroxylation sites is 2. The second-order valence-corrected chi connectivity index (χ2v) is 13.6. The van der Waals surface area contributed by atoms with E-state index in [0.29, 0.717) is 68.0 Å². The van der Waals surface area contributed by atoms with E-state index >= 15 is 0 Å². The fourth-order valence-electron chi connectivity index (χ4n) is 5.92. The van der Waals surface area contributed by atoms with Gasteiger partial charge in [0.15, 0.2) is 15.7 Å². The molecule has 2 saturated heterocycles. The number of morpholine rings is 1. The zero-order valence-corrected chi connectivity index (χ0v) is 24.6. The second-order valence-electron chi connectivity index (χ2n) is 11.3. The van der Waals surface area contributed by atoms with E-state index < -0.39 is 16.3 Å². The Balaban J connectivity index is 1.15. The number of hydrogen-bond donors (Lipinski definition) is 2. The first-order valence-electron chi connectivity index (χ1n) is 14.7. The van der Waals surface area contributed by atoms with Crippen LogP contribution >= 0.6 is 0 Å². The zero-order chi connectivity index (χ0) is 30.0. The molecule has 0 bridgehead atoms. The van der Waals surface area contributed by atoms with E-state index in [1.165, 1.54) is 4.57 Å². The molecule has 1 amide bonds. The van der Waals surface area contributed by atoms with Crippen molar-refractivity contribution < 1.29 is 26.7 Å². The average molecular weight is 619 g/mol. The van der Waals surface area contributed by atoms with Crippen LogP contribution in [-0.4, -0.2) is 108 Å². The number of alkyl halides is 2. The first-order valence-corrected chi connectivity index (χ1v) is 16.5. The number of carbonyl (C=O) groups is 1. The van der Waals surface area contributed by atoms with E-state index in [0.717, 1.165) is 25.7 Å². The Morgan fingerprint density at radius 2 is 1.67 bits per heavy atom. The predicted molar refractivity (Wildman–Crippen MR) is 158 cm³/mol. The lowest BCUT2D eigenvalue weighted by Crippen LogP contribution is -2.48. The number of hydrogen-bond acceptors (Lipinski definition) is 10. The Labute approximate surface area is 248 Å². The molecular weight excluding hydrogens is 582 g/mol. The maximum atomic E-state index is 14.1. The number of fused-ring (bicyclic) bond motifs is 1. The molecule has 15 heteroatoms. The molecule has 43 heavy (non-hydrogen) atoms. The van der Waals surface area contributed by atoms with Crippen molar-refractivity contribution in [3.63, 3.8) is 0 Å². The van der Waals surface area contributed by atoms with E-state index in [2.05, 4.69) is 15.6 Å². The fourth-order valence-corrected chi connectivity index (χ4v) is 7.20. The molecular formula is C28H36F2N8O4S. The van der Waals surface area contributed by atoms with Gasteiger partial charge in [0.2, 0.25) is 11.9 Å². The number of carbonyl (C=O) groups excluding carboxylic acids is 1. The first-order chi connectivity index (χ1) is 20.7. The summed E-state index contributed by atoms with van der Waals surface area (Å²) in [6.45, 7) is 3.20. The smallest absolute Gasteiger partial charge is 0.296 e. The van der Waals surface area contributed by atoms with E-state index in [1.807, 2.05) is 9.80 Å². The van der Waals surface area contributed by atoms with Crippen molar-refractivity contribution in [2.75, 3.05) is 67.7 Å². The third-order valence-electron chi connectivity index (χ3n) is 8.25. The molecule has 1 aliphatic carbocycles. The van der Waals surface area contributed by atoms with E-state index in [-0.39, 0.29) is 41.9 Å². The van der Waals surface area contributed by atoms with Crippen molar-refractivity contribution in [3.05, 3.63) is 36.2 Å². The second kappa shape index (κ2) is 12.7. The molecule has 2 N–H and O–H groups in total. The monoisotopic (exact) mass is 618 g/mol. The van der Waals surface area contributed by atoms with Gasteiger partial charge in [-0.05, 0) is 37.8 Å². The molecule has 0 atom stereocenters. The van der Waals surface area contributed by atoms with Crippen LogP contribution < -0.4 is 15.5 Å². The Hall–Kier alpha value is -3.43. The van der Waals surface area contributed by atoms with Crippen molar-refractivity contribution in [1.82, 2.24) is 29.7 Å². The summed E-state index contributed by atoms with van der Waals surface area (Å²) in [6.07, 6.45) is 0.325. The van der Waals surface area contributed by atoms with Crippen LogP contribution in [0.25, 0.3) is 16.9 Å². The maximum absolute atomic E-state index is 14.1. The number of nitrogens with one attached hydrogen (secondary N) is 2. The van der Waals surface area contributed by atoms with Crippen molar-refractivity contribution in [2.45, 2.75) is 44.2 Å². The highest BCUT2D eigenvalue weighted by molar-refractivity contribution is 7.91. The van der Waals surface area contributed by atoms with Crippen molar-refractivity contribution in [1.29, 1.82) is 0 Å². The molecule has 12 nitrogen and oxygen atoms in total. The summed E-state index contributed by atoms with van der Waals surface area (Å²) in [7, 11) is -2.99. The van der Waals surface area contributed by atoms with Gasteiger partial charge in [-0.25, -0.2) is 22.2 Å². The number of anilines is 2. The van der Waals surface area contributed by atoms with Crippen LogP contribution in [0.5, 0.6) is 0 Å². The largest absolute Gasteiger partial charge is 0.378 e. The molecule has 232 valence electrons. The number of aromatic nitrogens is 4. The minimum atomic E-state index is -2.99. The Bertz CT molecular complexity index is 1540. The number of ether oxygens (including phenoxy) is 1. The van der Waals surface area contributed by atoms with Crippen LogP contribution in [0.4, 0.5) is 20.5 Å². The lowest BCUT2D eigenvalue weighted by molar-refractivity contribution is -0.123. The standard InChI is InChI=1S/C28H36F2N8O4S/c29-26(30)27-33-21-3-1-2-4-22(21)38(27)24-17-23(34-28(35-24)37-9-13-42-14-10-37)31-19-5-7-20(8-6-19)32-25(39)18-36-11-15-43(40,41)16-12-36/h1-4,17,19-20,26H,5-16,18H2,(H,32,39)(H,31,34,35). The summed E-state index contributed by atoms with van der Waals surface area (Å²) in [6, 6.07) is 8.81. The van der Waals surface area contributed by atoms with Crippen LogP contribution in [0, 0.1) is 0 Å². The molecule has 1 aromatic carbocycles. The molecule has 3 aliphatic rings. The lowest BCUT2D eigenvalue weighted by Gasteiger charge is -2.32. The third kappa shape index (κ3) is 7.04. The van der Waals surface area contributed by atoms with Crippen molar-refractivity contribution in [3.8, 4) is 5.82 Å². The summed E-state index contributed by atoms with van der Waals surface area (Å²) >= 11 is 0. The summed E-state index contributed by atoms with van der Waals surface area (Å²) < 4.78 is 58.5. The van der Waals surface area contributed by atoms with E-state index in [1.54, 1.807) is 30.3 Å². The molecule has 3 aromatic rings. The van der Waals surface area contributed by atoms with Gasteiger partial charge in [0, 0.05) is 44.3 Å². The molecule has 0 spiro atoms. The molecule has 2 aliphatic heterocycles. The maximum Gasteiger partial charge on any atom is 0.296 e. The Morgan fingerprint density at radius 3 is 2.40 bits per heavy atom. The molecule has 2 aromatic heterocycles. The number of benzene rings is 1. The molecule has 0 radical (unpaired) electrons. The quantitative estimate of drug-likeness (QED) is 0.387. The van der Waals surface area contributed by atoms with E-state index in [4.69, 9.17) is 14.7 Å². The van der Waals surface area contributed by atoms with Gasteiger partial charge in [-0.3, -0.25) is 14.3 Å². The predicted octanol–water partition coefficient (Wildman–Crippen LogP) is 2.16. The van der Waals surface area contributed by atoms with Gasteiger partial charge < -0.3 is 20.3 Å². The van der Waals surface area contributed by atoms with Gasteiger partial charge in [-0.2, -0.15) is 9.97 Å². The normalized spacial score (nSPS) is 23.0. The number of halogens is 2. The van der Waals surface area contributed by atoms with Gasteiger partial charge in [-0.15, -0.1) is 0 Å². The summed E-state index contributed by atoms with van der Waals surface area (Å²) in [4.78, 5) is 30.1. The van der Waals surface area contributed by atoms with Crippen LogP contribution in [0.1, 0.15) is 37.9 Å². The molecule has 4 heterocycles. The third-order valence-corrected chi connectivity index (χ3v) is 9.86. The summed E-state index contributed by atoms with van der Waals surface area (Å²) in [5.41, 5.74) is 1.00. The number of sulfone groups is 1. The van der Waals surface area contributed by atoms with E-state index in [9.17, 15) is 22.0 Å².